The monoisotopic (exact) mass is 449 g/mol. The van der Waals surface area contributed by atoms with Gasteiger partial charge in [-0.1, -0.05) is 13.8 Å². The van der Waals surface area contributed by atoms with Crippen molar-refractivity contribution in [1.82, 2.24) is 4.98 Å². The third-order valence-corrected chi connectivity index (χ3v) is 6.72. The number of hydrogen-bond acceptors (Lipinski definition) is 8. The van der Waals surface area contributed by atoms with Gasteiger partial charge in [-0.2, -0.15) is 4.98 Å². The Hall–Kier alpha value is -2.39. The molecule has 0 aromatic carbocycles. The predicted molar refractivity (Wildman–Crippen MR) is 120 cm³/mol. The van der Waals surface area contributed by atoms with Crippen LogP contribution < -0.4 is 14.5 Å². The average Bonchev–Trinajstić information content (AvgIpc) is 3.55. The number of esters is 1. The molecule has 3 rings (SSSR count). The Morgan fingerprint density at radius 1 is 1.28 bits per heavy atom. The Labute approximate surface area is 189 Å². The zero-order valence-corrected chi connectivity index (χ0v) is 19.5. The number of methoxy groups -OCH3 is 1. The van der Waals surface area contributed by atoms with Crippen LogP contribution >= 0.6 is 0 Å². The standard InChI is InChI=1S/C23H35N3O6/c1-5-23(6-2,22(29)31-7-3)26(15-28)20-9-8-19(25-11-18(12-25)30-4)21(24-20)32-14-17-10-16(17)13-27/h8-9,15-18,27H,5-7,10-14H2,1-4H3/t16-,17-/m1/s1. The van der Waals surface area contributed by atoms with E-state index in [0.29, 0.717) is 43.5 Å². The lowest BCUT2D eigenvalue weighted by Crippen LogP contribution is -2.55. The number of rotatable bonds is 13. The molecule has 2 fully saturated rings. The van der Waals surface area contributed by atoms with E-state index in [1.807, 2.05) is 19.9 Å². The van der Waals surface area contributed by atoms with Crippen LogP contribution in [0, 0.1) is 11.8 Å². The lowest BCUT2D eigenvalue weighted by Gasteiger charge is -2.41. The molecule has 1 aromatic rings. The van der Waals surface area contributed by atoms with Crippen molar-refractivity contribution >= 4 is 23.9 Å². The second-order valence-corrected chi connectivity index (χ2v) is 8.44. The van der Waals surface area contributed by atoms with Crippen molar-refractivity contribution in [3.63, 3.8) is 0 Å². The van der Waals surface area contributed by atoms with Crippen LogP contribution in [0.25, 0.3) is 0 Å². The number of aliphatic hydroxyl groups is 1. The van der Waals surface area contributed by atoms with Crippen LogP contribution in [-0.2, 0) is 19.1 Å². The normalized spacial score (nSPS) is 20.5. The summed E-state index contributed by atoms with van der Waals surface area (Å²) in [6.45, 7) is 7.75. The molecule has 2 atom stereocenters. The molecule has 0 radical (unpaired) electrons. The molecule has 1 aliphatic heterocycles. The summed E-state index contributed by atoms with van der Waals surface area (Å²) < 4.78 is 16.8. The summed E-state index contributed by atoms with van der Waals surface area (Å²) in [6, 6.07) is 3.61. The van der Waals surface area contributed by atoms with E-state index < -0.39 is 11.5 Å². The van der Waals surface area contributed by atoms with Gasteiger partial charge in [-0.05, 0) is 50.2 Å². The summed E-state index contributed by atoms with van der Waals surface area (Å²) in [5.41, 5.74) is -0.316. The maximum absolute atomic E-state index is 12.9. The molecule has 2 aliphatic rings. The topological polar surface area (TPSA) is 101 Å². The smallest absolute Gasteiger partial charge is 0.332 e. The fraction of sp³-hybridized carbons (Fsp3) is 0.696. The van der Waals surface area contributed by atoms with Gasteiger partial charge < -0.3 is 24.2 Å². The molecule has 0 bridgehead atoms. The molecule has 9 heteroatoms. The molecule has 0 spiro atoms. The van der Waals surface area contributed by atoms with Gasteiger partial charge in [-0.25, -0.2) is 4.79 Å². The van der Waals surface area contributed by atoms with Crippen LogP contribution in [0.15, 0.2) is 12.1 Å². The summed E-state index contributed by atoms with van der Waals surface area (Å²) in [6.07, 6.45) is 2.51. The van der Waals surface area contributed by atoms with Gasteiger partial charge in [-0.3, -0.25) is 9.69 Å². The minimum Gasteiger partial charge on any atom is -0.476 e. The van der Waals surface area contributed by atoms with Crippen molar-refractivity contribution in [3.05, 3.63) is 12.1 Å². The minimum absolute atomic E-state index is 0.157. The van der Waals surface area contributed by atoms with E-state index in [2.05, 4.69) is 9.88 Å². The molecular weight excluding hydrogens is 414 g/mol. The zero-order chi connectivity index (χ0) is 23.3. The van der Waals surface area contributed by atoms with Crippen LogP contribution in [-0.4, -0.2) is 74.1 Å². The van der Waals surface area contributed by atoms with Crippen LogP contribution in [0.1, 0.15) is 40.0 Å². The molecule has 1 N–H and O–H groups in total. The lowest BCUT2D eigenvalue weighted by molar-refractivity contribution is -0.150. The van der Waals surface area contributed by atoms with Crippen molar-refractivity contribution < 1.29 is 28.9 Å². The first-order chi connectivity index (χ1) is 15.5. The maximum atomic E-state index is 12.9. The van der Waals surface area contributed by atoms with Crippen LogP contribution in [0.3, 0.4) is 0 Å². The van der Waals surface area contributed by atoms with E-state index in [-0.39, 0.29) is 25.2 Å². The molecule has 178 valence electrons. The van der Waals surface area contributed by atoms with Crippen molar-refractivity contribution in [2.75, 3.05) is 49.8 Å². The summed E-state index contributed by atoms with van der Waals surface area (Å²) in [5, 5.41) is 9.33. The van der Waals surface area contributed by atoms with Gasteiger partial charge in [-0.15, -0.1) is 0 Å². The number of ether oxygens (including phenoxy) is 3. The fourth-order valence-corrected chi connectivity index (χ4v) is 4.23. The molecule has 32 heavy (non-hydrogen) atoms. The van der Waals surface area contributed by atoms with Gasteiger partial charge in [0, 0.05) is 26.8 Å². The van der Waals surface area contributed by atoms with Gasteiger partial charge >= 0.3 is 5.97 Å². The number of hydrogen-bond donors (Lipinski definition) is 1. The number of aromatic nitrogens is 1. The van der Waals surface area contributed by atoms with Gasteiger partial charge in [0.25, 0.3) is 0 Å². The Balaban J connectivity index is 1.91. The number of amides is 1. The predicted octanol–water partition coefficient (Wildman–Crippen LogP) is 2.01. The van der Waals surface area contributed by atoms with Gasteiger partial charge in [0.05, 0.1) is 19.3 Å². The number of nitrogens with zero attached hydrogens (tertiary/aromatic N) is 3. The van der Waals surface area contributed by atoms with Crippen molar-refractivity contribution in [2.45, 2.75) is 51.7 Å². The highest BCUT2D eigenvalue weighted by Crippen LogP contribution is 2.40. The molecule has 1 aliphatic carbocycles. The summed E-state index contributed by atoms with van der Waals surface area (Å²) in [4.78, 5) is 33.2. The molecule has 0 unspecified atom stereocenters. The summed E-state index contributed by atoms with van der Waals surface area (Å²) >= 11 is 0. The highest BCUT2D eigenvalue weighted by molar-refractivity contribution is 5.92. The summed E-state index contributed by atoms with van der Waals surface area (Å²) in [5.74, 6) is 0.881. The van der Waals surface area contributed by atoms with Crippen LogP contribution in [0.2, 0.25) is 0 Å². The number of anilines is 2. The second kappa shape index (κ2) is 10.5. The highest BCUT2D eigenvalue weighted by atomic mass is 16.5. The maximum Gasteiger partial charge on any atom is 0.332 e. The summed E-state index contributed by atoms with van der Waals surface area (Å²) in [7, 11) is 1.69. The Morgan fingerprint density at radius 3 is 2.53 bits per heavy atom. The molecule has 1 amide bonds. The molecular formula is C23H35N3O6. The number of carbonyl (C=O) groups excluding carboxylic acids is 2. The molecule has 9 nitrogen and oxygen atoms in total. The Morgan fingerprint density at radius 2 is 2.00 bits per heavy atom. The molecule has 2 heterocycles. The van der Waals surface area contributed by atoms with Gasteiger partial charge in [0.15, 0.2) is 0 Å². The first-order valence-corrected chi connectivity index (χ1v) is 11.4. The first kappa shape index (κ1) is 24.3. The highest BCUT2D eigenvalue weighted by Gasteiger charge is 2.44. The van der Waals surface area contributed by atoms with Crippen molar-refractivity contribution in [3.8, 4) is 5.88 Å². The molecule has 1 saturated carbocycles. The molecule has 1 saturated heterocycles. The third kappa shape index (κ3) is 4.68. The van der Waals surface area contributed by atoms with E-state index >= 15 is 0 Å². The minimum atomic E-state index is -1.14. The average molecular weight is 450 g/mol. The number of carbonyl (C=O) groups is 2. The quantitative estimate of drug-likeness (QED) is 0.361. The largest absolute Gasteiger partial charge is 0.476 e. The zero-order valence-electron chi connectivity index (χ0n) is 19.5. The van der Waals surface area contributed by atoms with E-state index in [0.717, 1.165) is 25.2 Å². The van der Waals surface area contributed by atoms with E-state index in [1.165, 1.54) is 4.90 Å². The van der Waals surface area contributed by atoms with Gasteiger partial charge in [0.2, 0.25) is 12.3 Å². The Kier molecular flexibility index (Phi) is 7.95. The van der Waals surface area contributed by atoms with Crippen LogP contribution in [0.5, 0.6) is 5.88 Å². The Bertz CT molecular complexity index is 794. The fourth-order valence-electron chi connectivity index (χ4n) is 4.23. The van der Waals surface area contributed by atoms with E-state index in [1.54, 1.807) is 20.1 Å². The van der Waals surface area contributed by atoms with E-state index in [9.17, 15) is 14.7 Å². The number of pyridine rings is 1. The van der Waals surface area contributed by atoms with Crippen molar-refractivity contribution in [2.24, 2.45) is 11.8 Å². The van der Waals surface area contributed by atoms with Crippen LogP contribution in [0.4, 0.5) is 11.5 Å². The number of aliphatic hydroxyl groups excluding tert-OH is 1. The molecule has 1 aromatic heterocycles. The lowest BCUT2D eigenvalue weighted by atomic mass is 9.91. The third-order valence-electron chi connectivity index (χ3n) is 6.72. The van der Waals surface area contributed by atoms with E-state index in [4.69, 9.17) is 14.2 Å². The first-order valence-electron chi connectivity index (χ1n) is 11.4. The SMILES string of the molecule is CCOC(=O)C(CC)(CC)N(C=O)c1ccc(N2CC(OC)C2)c(OC[C@H]2C[C@@H]2CO)n1. The second-order valence-electron chi connectivity index (χ2n) is 8.44. The van der Waals surface area contributed by atoms with Gasteiger partial charge in [0.1, 0.15) is 17.0 Å². The van der Waals surface area contributed by atoms with Crippen molar-refractivity contribution in [1.29, 1.82) is 0 Å².